The number of hydrogen-bond donors (Lipinski definition) is 1. The Kier molecular flexibility index (Phi) is 5.59. The van der Waals surface area contributed by atoms with Gasteiger partial charge in [-0.15, -0.1) is 0 Å². The number of hydrogen-bond acceptors (Lipinski definition) is 3. The molecule has 1 N–H and O–H groups in total. The maximum absolute atomic E-state index is 5.62. The molecule has 0 radical (unpaired) electrons. The Morgan fingerprint density at radius 1 is 1.00 bits per heavy atom. The summed E-state index contributed by atoms with van der Waals surface area (Å²) in [5, 5.41) is 0. The van der Waals surface area contributed by atoms with E-state index in [1.807, 2.05) is 48.5 Å². The number of rotatable bonds is 7. The summed E-state index contributed by atoms with van der Waals surface area (Å²) in [4.78, 5) is 5.62. The van der Waals surface area contributed by atoms with Crippen LogP contribution in [0.15, 0.2) is 54.6 Å². The van der Waals surface area contributed by atoms with Crippen LogP contribution < -0.4 is 10.2 Å². The van der Waals surface area contributed by atoms with E-state index in [4.69, 9.17) is 9.57 Å². The lowest BCUT2D eigenvalue weighted by Gasteiger charge is -2.19. The van der Waals surface area contributed by atoms with Crippen molar-refractivity contribution in [3.8, 4) is 5.75 Å². The summed E-state index contributed by atoms with van der Waals surface area (Å²) in [5.41, 5.74) is 5.39. The third-order valence-corrected chi connectivity index (χ3v) is 3.23. The van der Waals surface area contributed by atoms with Crippen LogP contribution in [0.1, 0.15) is 30.5 Å². The van der Waals surface area contributed by atoms with Crippen LogP contribution in [0.4, 0.5) is 0 Å². The standard InChI is InChI=1S/C17H21NO2/c1-3-16(15-11-7-8-12-17(15)19-2)18-20-13-14-9-5-4-6-10-14/h4-12,16,18H,3,13H2,1-2H3. The minimum absolute atomic E-state index is 0.120. The van der Waals surface area contributed by atoms with Crippen molar-refractivity contribution in [2.75, 3.05) is 7.11 Å². The van der Waals surface area contributed by atoms with Gasteiger partial charge < -0.3 is 4.74 Å². The van der Waals surface area contributed by atoms with Gasteiger partial charge in [-0.1, -0.05) is 55.5 Å². The van der Waals surface area contributed by atoms with Gasteiger partial charge in [-0.25, -0.2) is 0 Å². The van der Waals surface area contributed by atoms with E-state index in [0.29, 0.717) is 6.61 Å². The largest absolute Gasteiger partial charge is 0.496 e. The van der Waals surface area contributed by atoms with Gasteiger partial charge in [0.25, 0.3) is 0 Å². The molecule has 0 bridgehead atoms. The number of methoxy groups -OCH3 is 1. The molecule has 0 saturated carbocycles. The minimum Gasteiger partial charge on any atom is -0.496 e. The van der Waals surface area contributed by atoms with E-state index in [1.54, 1.807) is 7.11 Å². The van der Waals surface area contributed by atoms with Gasteiger partial charge in [-0.3, -0.25) is 4.84 Å². The molecule has 0 spiro atoms. The predicted octanol–water partition coefficient (Wildman–Crippen LogP) is 3.87. The second-order valence-corrected chi connectivity index (χ2v) is 4.59. The molecule has 3 nitrogen and oxygen atoms in total. The lowest BCUT2D eigenvalue weighted by molar-refractivity contribution is 0.00156. The second-order valence-electron chi connectivity index (χ2n) is 4.59. The van der Waals surface area contributed by atoms with Gasteiger partial charge in [0.2, 0.25) is 0 Å². The van der Waals surface area contributed by atoms with Crippen LogP contribution in [0.25, 0.3) is 0 Å². The Bertz CT molecular complexity index is 513. The van der Waals surface area contributed by atoms with Crippen LogP contribution in [0.5, 0.6) is 5.75 Å². The molecule has 2 aromatic rings. The van der Waals surface area contributed by atoms with Crippen LogP contribution in [0, 0.1) is 0 Å². The number of benzene rings is 2. The maximum Gasteiger partial charge on any atom is 0.123 e. The van der Waals surface area contributed by atoms with E-state index in [-0.39, 0.29) is 6.04 Å². The Hall–Kier alpha value is -1.84. The molecule has 0 aromatic heterocycles. The monoisotopic (exact) mass is 271 g/mol. The first-order valence-corrected chi connectivity index (χ1v) is 6.89. The molecule has 0 aliphatic carbocycles. The van der Waals surface area contributed by atoms with Crippen LogP contribution in [0.2, 0.25) is 0 Å². The Balaban J connectivity index is 1.95. The van der Waals surface area contributed by atoms with Crippen molar-refractivity contribution in [1.29, 1.82) is 0 Å². The summed E-state index contributed by atoms with van der Waals surface area (Å²) in [5.74, 6) is 0.884. The van der Waals surface area contributed by atoms with E-state index in [0.717, 1.165) is 23.3 Å². The summed E-state index contributed by atoms with van der Waals surface area (Å²) in [6.07, 6.45) is 0.926. The summed E-state index contributed by atoms with van der Waals surface area (Å²) < 4.78 is 5.40. The van der Waals surface area contributed by atoms with Crippen molar-refractivity contribution in [2.45, 2.75) is 26.0 Å². The molecule has 0 fully saturated rings. The fraction of sp³-hybridized carbons (Fsp3) is 0.294. The topological polar surface area (TPSA) is 30.5 Å². The smallest absolute Gasteiger partial charge is 0.123 e. The first-order chi connectivity index (χ1) is 9.85. The molecule has 0 heterocycles. The number of para-hydroxylation sites is 1. The number of ether oxygens (including phenoxy) is 1. The Labute approximate surface area is 120 Å². The molecule has 20 heavy (non-hydrogen) atoms. The van der Waals surface area contributed by atoms with Crippen molar-refractivity contribution >= 4 is 0 Å². The summed E-state index contributed by atoms with van der Waals surface area (Å²) in [6, 6.07) is 18.3. The van der Waals surface area contributed by atoms with Crippen LogP contribution in [0.3, 0.4) is 0 Å². The van der Waals surface area contributed by atoms with Crippen molar-refractivity contribution < 1.29 is 9.57 Å². The molecule has 0 saturated heterocycles. The van der Waals surface area contributed by atoms with Gasteiger partial charge in [-0.2, -0.15) is 5.48 Å². The van der Waals surface area contributed by atoms with Gasteiger partial charge in [0.15, 0.2) is 0 Å². The average Bonchev–Trinajstić information content (AvgIpc) is 2.53. The van der Waals surface area contributed by atoms with Crippen LogP contribution >= 0.6 is 0 Å². The molecule has 0 aliphatic rings. The Morgan fingerprint density at radius 2 is 1.70 bits per heavy atom. The lowest BCUT2D eigenvalue weighted by atomic mass is 10.0. The van der Waals surface area contributed by atoms with Gasteiger partial charge in [-0.05, 0) is 18.1 Å². The fourth-order valence-electron chi connectivity index (χ4n) is 2.12. The molecule has 3 heteroatoms. The van der Waals surface area contributed by atoms with Gasteiger partial charge in [0, 0.05) is 5.56 Å². The third kappa shape index (κ3) is 3.83. The number of nitrogens with one attached hydrogen (secondary N) is 1. The molecule has 1 atom stereocenters. The van der Waals surface area contributed by atoms with Gasteiger partial charge in [0.1, 0.15) is 5.75 Å². The summed E-state index contributed by atoms with van der Waals surface area (Å²) >= 11 is 0. The third-order valence-electron chi connectivity index (χ3n) is 3.23. The molecule has 1 unspecified atom stereocenters. The first kappa shape index (κ1) is 14.6. The van der Waals surface area contributed by atoms with E-state index >= 15 is 0 Å². The highest BCUT2D eigenvalue weighted by molar-refractivity contribution is 5.35. The lowest BCUT2D eigenvalue weighted by Crippen LogP contribution is -2.21. The highest BCUT2D eigenvalue weighted by atomic mass is 16.6. The molecular weight excluding hydrogens is 250 g/mol. The summed E-state index contributed by atoms with van der Waals surface area (Å²) in [6.45, 7) is 2.67. The van der Waals surface area contributed by atoms with Crippen molar-refractivity contribution in [3.63, 3.8) is 0 Å². The van der Waals surface area contributed by atoms with E-state index in [1.165, 1.54) is 0 Å². The van der Waals surface area contributed by atoms with Crippen LogP contribution in [-0.4, -0.2) is 7.11 Å². The zero-order valence-corrected chi connectivity index (χ0v) is 12.0. The van der Waals surface area contributed by atoms with Crippen LogP contribution in [-0.2, 0) is 11.4 Å². The molecular formula is C17H21NO2. The summed E-state index contributed by atoms with van der Waals surface area (Å²) in [7, 11) is 1.69. The van der Waals surface area contributed by atoms with Crippen molar-refractivity contribution in [2.24, 2.45) is 0 Å². The molecule has 106 valence electrons. The van der Waals surface area contributed by atoms with Crippen molar-refractivity contribution in [3.05, 3.63) is 65.7 Å². The Morgan fingerprint density at radius 3 is 2.40 bits per heavy atom. The minimum atomic E-state index is 0.120. The molecule has 0 amide bonds. The zero-order chi connectivity index (χ0) is 14.2. The van der Waals surface area contributed by atoms with Gasteiger partial charge >= 0.3 is 0 Å². The van der Waals surface area contributed by atoms with E-state index in [9.17, 15) is 0 Å². The number of hydroxylamine groups is 1. The normalized spacial score (nSPS) is 12.1. The van der Waals surface area contributed by atoms with E-state index < -0.39 is 0 Å². The highest BCUT2D eigenvalue weighted by Crippen LogP contribution is 2.26. The van der Waals surface area contributed by atoms with E-state index in [2.05, 4.69) is 18.5 Å². The quantitative estimate of drug-likeness (QED) is 0.775. The fourth-order valence-corrected chi connectivity index (χ4v) is 2.12. The predicted molar refractivity (Wildman–Crippen MR) is 80.4 cm³/mol. The SMILES string of the molecule is CCC(NOCc1ccccc1)c1ccccc1OC. The zero-order valence-electron chi connectivity index (χ0n) is 12.0. The highest BCUT2D eigenvalue weighted by Gasteiger charge is 2.13. The average molecular weight is 271 g/mol. The van der Waals surface area contributed by atoms with Crippen molar-refractivity contribution in [1.82, 2.24) is 5.48 Å². The first-order valence-electron chi connectivity index (χ1n) is 6.89. The second kappa shape index (κ2) is 7.68. The van der Waals surface area contributed by atoms with Gasteiger partial charge in [0.05, 0.1) is 19.8 Å². The molecule has 2 rings (SSSR count). The maximum atomic E-state index is 5.62. The molecule has 0 aliphatic heterocycles. The molecule has 2 aromatic carbocycles.